The van der Waals surface area contributed by atoms with Crippen LogP contribution in [0.3, 0.4) is 0 Å². The van der Waals surface area contributed by atoms with Gasteiger partial charge < -0.3 is 4.52 Å². The highest BCUT2D eigenvalue weighted by Gasteiger charge is 2.16. The molecule has 5 aromatic rings. The number of para-hydroxylation sites is 1. The Labute approximate surface area is 173 Å². The molecule has 0 N–H and O–H groups in total. The van der Waals surface area contributed by atoms with Gasteiger partial charge in [0.15, 0.2) is 5.16 Å². The van der Waals surface area contributed by atoms with Gasteiger partial charge in [-0.2, -0.15) is 0 Å². The van der Waals surface area contributed by atoms with Crippen LogP contribution in [0, 0.1) is 0 Å². The van der Waals surface area contributed by atoms with Crippen LogP contribution < -0.4 is 5.56 Å². The van der Waals surface area contributed by atoms with Crippen molar-refractivity contribution in [2.75, 3.05) is 0 Å². The van der Waals surface area contributed by atoms with Gasteiger partial charge in [-0.05, 0) is 24.3 Å². The molecule has 0 radical (unpaired) electrons. The summed E-state index contributed by atoms with van der Waals surface area (Å²) in [6.07, 6.45) is 0. The van der Waals surface area contributed by atoms with Crippen LogP contribution in [0.5, 0.6) is 0 Å². The van der Waals surface area contributed by atoms with Gasteiger partial charge in [0.2, 0.25) is 5.78 Å². The number of benzene rings is 2. The van der Waals surface area contributed by atoms with Crippen molar-refractivity contribution >= 4 is 40.0 Å². The van der Waals surface area contributed by atoms with E-state index >= 15 is 0 Å². The molecule has 29 heavy (non-hydrogen) atoms. The lowest BCUT2D eigenvalue weighted by Gasteiger charge is -2.06. The number of rotatable bonds is 4. The summed E-state index contributed by atoms with van der Waals surface area (Å²) < 4.78 is 8.87. The van der Waals surface area contributed by atoms with Crippen LogP contribution in [-0.4, -0.2) is 24.3 Å². The molecular formula is C20H14ClN5O2S. The summed E-state index contributed by atoms with van der Waals surface area (Å²) in [5.74, 6) is 1.74. The summed E-state index contributed by atoms with van der Waals surface area (Å²) in [7, 11) is 1.70. The Balaban J connectivity index is 1.48. The first-order valence-corrected chi connectivity index (χ1v) is 10.2. The fourth-order valence-electron chi connectivity index (χ4n) is 3.18. The lowest BCUT2D eigenvalue weighted by atomic mass is 10.1. The third-order valence-corrected chi connectivity index (χ3v) is 5.84. The molecular weight excluding hydrogens is 410 g/mol. The van der Waals surface area contributed by atoms with Crippen LogP contribution in [0.1, 0.15) is 5.76 Å². The van der Waals surface area contributed by atoms with Crippen molar-refractivity contribution in [3.8, 4) is 11.3 Å². The predicted molar refractivity (Wildman–Crippen MR) is 112 cm³/mol. The molecule has 0 saturated heterocycles. The Hall–Kier alpha value is -3.10. The normalized spacial score (nSPS) is 11.5. The standard InChI is InChI=1S/C20H14ClN5O2S/c1-25-18(27)15-4-2-3-5-17(15)26-19(25)22-23-20(26)29-11-14-10-16(24-28-14)12-6-8-13(21)9-7-12/h2-10H,11H2,1H3. The van der Waals surface area contributed by atoms with Crippen molar-refractivity contribution in [2.45, 2.75) is 10.9 Å². The minimum atomic E-state index is -0.0973. The van der Waals surface area contributed by atoms with Gasteiger partial charge in [-0.25, -0.2) is 0 Å². The van der Waals surface area contributed by atoms with Crippen LogP contribution in [0.4, 0.5) is 0 Å². The van der Waals surface area contributed by atoms with Crippen molar-refractivity contribution in [1.29, 1.82) is 0 Å². The minimum absolute atomic E-state index is 0.0973. The molecule has 3 heterocycles. The van der Waals surface area contributed by atoms with Crippen molar-refractivity contribution < 1.29 is 4.52 Å². The molecule has 3 aromatic heterocycles. The number of aromatic nitrogens is 5. The highest BCUT2D eigenvalue weighted by atomic mass is 35.5. The van der Waals surface area contributed by atoms with E-state index in [2.05, 4.69) is 15.4 Å². The van der Waals surface area contributed by atoms with Crippen LogP contribution >= 0.6 is 23.4 Å². The number of thioether (sulfide) groups is 1. The van der Waals surface area contributed by atoms with E-state index in [1.807, 2.05) is 52.9 Å². The minimum Gasteiger partial charge on any atom is -0.360 e. The lowest BCUT2D eigenvalue weighted by molar-refractivity contribution is 0.397. The zero-order valence-electron chi connectivity index (χ0n) is 15.2. The molecule has 0 bridgehead atoms. The SMILES string of the molecule is Cn1c(=O)c2ccccc2n2c(SCc3cc(-c4ccc(Cl)cc4)no3)nnc12. The Bertz CT molecular complexity index is 1400. The highest BCUT2D eigenvalue weighted by Crippen LogP contribution is 2.27. The molecule has 0 amide bonds. The second-order valence-corrected chi connectivity index (χ2v) is 7.85. The van der Waals surface area contributed by atoms with E-state index in [0.29, 0.717) is 32.9 Å². The van der Waals surface area contributed by atoms with Crippen molar-refractivity contribution in [3.63, 3.8) is 0 Å². The first-order valence-electron chi connectivity index (χ1n) is 8.79. The van der Waals surface area contributed by atoms with Crippen LogP contribution in [0.15, 0.2) is 69.1 Å². The number of hydrogen-bond donors (Lipinski definition) is 0. The molecule has 5 rings (SSSR count). The molecule has 144 valence electrons. The summed E-state index contributed by atoms with van der Waals surface area (Å²) in [5.41, 5.74) is 2.36. The van der Waals surface area contributed by atoms with E-state index in [1.54, 1.807) is 13.1 Å². The third-order valence-electron chi connectivity index (χ3n) is 4.64. The number of halogens is 1. The van der Waals surface area contributed by atoms with Gasteiger partial charge in [-0.15, -0.1) is 10.2 Å². The Kier molecular flexibility index (Phi) is 4.37. The second-order valence-electron chi connectivity index (χ2n) is 6.47. The van der Waals surface area contributed by atoms with Crippen LogP contribution in [-0.2, 0) is 12.8 Å². The summed E-state index contributed by atoms with van der Waals surface area (Å²) in [4.78, 5) is 12.5. The second kappa shape index (κ2) is 7.06. The smallest absolute Gasteiger partial charge is 0.262 e. The van der Waals surface area contributed by atoms with Crippen molar-refractivity contribution in [1.82, 2.24) is 24.3 Å². The first kappa shape index (κ1) is 18.0. The molecule has 7 nitrogen and oxygen atoms in total. The maximum Gasteiger partial charge on any atom is 0.262 e. The maximum absolute atomic E-state index is 12.5. The van der Waals surface area contributed by atoms with Gasteiger partial charge in [-0.3, -0.25) is 13.8 Å². The van der Waals surface area contributed by atoms with Crippen molar-refractivity contribution in [3.05, 3.63) is 75.7 Å². The zero-order valence-corrected chi connectivity index (χ0v) is 16.8. The molecule has 0 fully saturated rings. The molecule has 0 aliphatic carbocycles. The fraction of sp³-hybridized carbons (Fsp3) is 0.100. The fourth-order valence-corrected chi connectivity index (χ4v) is 4.12. The lowest BCUT2D eigenvalue weighted by Crippen LogP contribution is -2.20. The molecule has 0 unspecified atom stereocenters. The van der Waals surface area contributed by atoms with Gasteiger partial charge in [0.1, 0.15) is 11.5 Å². The average Bonchev–Trinajstić information content (AvgIpc) is 3.38. The maximum atomic E-state index is 12.5. The Morgan fingerprint density at radius 3 is 2.72 bits per heavy atom. The van der Waals surface area contributed by atoms with Crippen molar-refractivity contribution in [2.24, 2.45) is 7.05 Å². The number of nitrogens with zero attached hydrogens (tertiary/aromatic N) is 5. The molecule has 0 aliphatic rings. The summed E-state index contributed by atoms with van der Waals surface area (Å²) in [6, 6.07) is 16.8. The van der Waals surface area contributed by atoms with Crippen LogP contribution in [0.25, 0.3) is 27.9 Å². The summed E-state index contributed by atoms with van der Waals surface area (Å²) in [6.45, 7) is 0. The molecule has 0 atom stereocenters. The zero-order chi connectivity index (χ0) is 20.0. The Morgan fingerprint density at radius 2 is 1.90 bits per heavy atom. The first-order chi connectivity index (χ1) is 14.1. The van der Waals surface area contributed by atoms with E-state index < -0.39 is 0 Å². The average molecular weight is 424 g/mol. The van der Waals surface area contributed by atoms with Gasteiger partial charge in [0.05, 0.1) is 16.7 Å². The quantitative estimate of drug-likeness (QED) is 0.403. The molecule has 0 saturated carbocycles. The molecule has 0 aliphatic heterocycles. The monoisotopic (exact) mass is 423 g/mol. The van der Waals surface area contributed by atoms with Gasteiger partial charge in [-0.1, -0.05) is 52.8 Å². The van der Waals surface area contributed by atoms with Gasteiger partial charge >= 0.3 is 0 Å². The third kappa shape index (κ3) is 3.10. The molecule has 0 spiro atoms. The largest absolute Gasteiger partial charge is 0.360 e. The molecule has 2 aromatic carbocycles. The summed E-state index contributed by atoms with van der Waals surface area (Å²) >= 11 is 7.41. The number of aryl methyl sites for hydroxylation is 1. The van der Waals surface area contributed by atoms with E-state index in [4.69, 9.17) is 16.1 Å². The predicted octanol–water partition coefficient (Wildman–Crippen LogP) is 4.18. The number of hydrogen-bond acceptors (Lipinski definition) is 6. The van der Waals surface area contributed by atoms with Gasteiger partial charge in [0, 0.05) is 23.7 Å². The van der Waals surface area contributed by atoms with E-state index in [0.717, 1.165) is 16.8 Å². The van der Waals surface area contributed by atoms with E-state index in [1.165, 1.54) is 16.3 Å². The van der Waals surface area contributed by atoms with Crippen LogP contribution in [0.2, 0.25) is 5.02 Å². The molecule has 9 heteroatoms. The van der Waals surface area contributed by atoms with E-state index in [-0.39, 0.29) is 5.56 Å². The van der Waals surface area contributed by atoms with Gasteiger partial charge in [0.25, 0.3) is 5.56 Å². The Morgan fingerprint density at radius 1 is 1.10 bits per heavy atom. The number of fused-ring (bicyclic) bond motifs is 3. The topological polar surface area (TPSA) is 78.2 Å². The summed E-state index contributed by atoms with van der Waals surface area (Å²) in [5, 5.41) is 14.6. The highest BCUT2D eigenvalue weighted by molar-refractivity contribution is 7.98. The van der Waals surface area contributed by atoms with E-state index in [9.17, 15) is 4.79 Å².